The summed E-state index contributed by atoms with van der Waals surface area (Å²) in [6.45, 7) is 5.93. The average molecular weight is 277 g/mol. The SMILES string of the molecule is CC(C)(C)OC(=O)C(O[C]=O)C(Cl)(Cl)Cl. The molecule has 0 amide bonds. The Morgan fingerprint density at radius 2 is 1.73 bits per heavy atom. The zero-order valence-electron chi connectivity index (χ0n) is 8.34. The molecule has 0 aromatic carbocycles. The third-order valence-electron chi connectivity index (χ3n) is 1.08. The van der Waals surface area contributed by atoms with Gasteiger partial charge in [-0.15, -0.1) is 0 Å². The van der Waals surface area contributed by atoms with Crippen LogP contribution in [0, 0.1) is 0 Å². The molecule has 0 heterocycles. The molecule has 0 rings (SSSR count). The van der Waals surface area contributed by atoms with Gasteiger partial charge in [0.1, 0.15) is 5.60 Å². The Kier molecular flexibility index (Phi) is 5.17. The van der Waals surface area contributed by atoms with E-state index in [2.05, 4.69) is 4.74 Å². The van der Waals surface area contributed by atoms with Crippen LogP contribution in [0.2, 0.25) is 0 Å². The number of carbonyl (C=O) groups excluding carboxylic acids is 2. The Hall–Kier alpha value is -0.190. The summed E-state index contributed by atoms with van der Waals surface area (Å²) in [7, 11) is 0. The molecule has 0 aliphatic rings. The van der Waals surface area contributed by atoms with E-state index in [9.17, 15) is 9.59 Å². The van der Waals surface area contributed by atoms with Gasteiger partial charge in [-0.2, -0.15) is 0 Å². The monoisotopic (exact) mass is 275 g/mol. The van der Waals surface area contributed by atoms with E-state index < -0.39 is 21.5 Å². The molecule has 0 saturated carbocycles. The summed E-state index contributed by atoms with van der Waals surface area (Å²) in [5.74, 6) is -0.939. The minimum absolute atomic E-state index is 0.766. The molecule has 0 fully saturated rings. The zero-order chi connectivity index (χ0) is 12.3. The lowest BCUT2D eigenvalue weighted by Crippen LogP contribution is -2.41. The van der Waals surface area contributed by atoms with Crippen molar-refractivity contribution in [3.8, 4) is 0 Å². The van der Waals surface area contributed by atoms with E-state index in [0.29, 0.717) is 0 Å². The molecule has 0 aromatic rings. The Morgan fingerprint density at radius 1 is 1.27 bits per heavy atom. The van der Waals surface area contributed by atoms with Crippen LogP contribution in [0.4, 0.5) is 0 Å². The van der Waals surface area contributed by atoms with E-state index in [1.165, 1.54) is 0 Å². The second-order valence-electron chi connectivity index (χ2n) is 3.66. The molecular formula is C8H10Cl3O4. The number of ether oxygens (including phenoxy) is 2. The maximum Gasteiger partial charge on any atom is 0.418 e. The third kappa shape index (κ3) is 6.07. The van der Waals surface area contributed by atoms with Crippen molar-refractivity contribution in [2.75, 3.05) is 0 Å². The van der Waals surface area contributed by atoms with Gasteiger partial charge in [-0.25, -0.2) is 9.59 Å². The summed E-state index contributed by atoms with van der Waals surface area (Å²) in [6, 6.07) is 0. The maximum absolute atomic E-state index is 11.4. The van der Waals surface area contributed by atoms with Gasteiger partial charge < -0.3 is 9.47 Å². The molecule has 4 nitrogen and oxygen atoms in total. The molecule has 0 aliphatic carbocycles. The van der Waals surface area contributed by atoms with Gasteiger partial charge >= 0.3 is 12.4 Å². The lowest BCUT2D eigenvalue weighted by atomic mass is 10.2. The van der Waals surface area contributed by atoms with Crippen molar-refractivity contribution in [3.05, 3.63) is 0 Å². The van der Waals surface area contributed by atoms with Gasteiger partial charge in [-0.1, -0.05) is 34.8 Å². The first-order valence-electron chi connectivity index (χ1n) is 3.90. The predicted molar refractivity (Wildman–Crippen MR) is 56.7 cm³/mol. The van der Waals surface area contributed by atoms with Gasteiger partial charge in [0.15, 0.2) is 0 Å². The maximum atomic E-state index is 11.4. The number of halogens is 3. The molecule has 0 aromatic heterocycles. The number of alkyl halides is 3. The predicted octanol–water partition coefficient (Wildman–Crippen LogP) is 2.15. The topological polar surface area (TPSA) is 52.6 Å². The summed E-state index contributed by atoms with van der Waals surface area (Å²) < 4.78 is 7.04. The van der Waals surface area contributed by atoms with Crippen molar-refractivity contribution in [1.29, 1.82) is 0 Å². The van der Waals surface area contributed by atoms with Crippen LogP contribution in [-0.4, -0.2) is 27.9 Å². The van der Waals surface area contributed by atoms with Gasteiger partial charge in [0.05, 0.1) is 0 Å². The first kappa shape index (κ1) is 14.8. The average Bonchev–Trinajstić information content (AvgIpc) is 1.93. The largest absolute Gasteiger partial charge is 0.457 e. The Balaban J connectivity index is 4.65. The highest BCUT2D eigenvalue weighted by Crippen LogP contribution is 2.33. The molecule has 0 spiro atoms. The minimum atomic E-state index is -2.08. The summed E-state index contributed by atoms with van der Waals surface area (Å²) in [5.41, 5.74) is -0.766. The molecule has 1 atom stereocenters. The molecule has 1 unspecified atom stereocenters. The number of hydrogen-bond acceptors (Lipinski definition) is 4. The Bertz CT molecular complexity index is 241. The molecule has 0 saturated heterocycles. The van der Waals surface area contributed by atoms with Crippen molar-refractivity contribution in [2.24, 2.45) is 0 Å². The number of carbonyl (C=O) groups is 1. The van der Waals surface area contributed by atoms with Crippen molar-refractivity contribution in [1.82, 2.24) is 0 Å². The highest BCUT2D eigenvalue weighted by atomic mass is 35.6. The molecule has 0 bridgehead atoms. The fourth-order valence-corrected chi connectivity index (χ4v) is 1.05. The molecule has 87 valence electrons. The van der Waals surface area contributed by atoms with Gasteiger partial charge in [-0.05, 0) is 20.8 Å². The molecule has 0 N–H and O–H groups in total. The highest BCUT2D eigenvalue weighted by Gasteiger charge is 2.43. The zero-order valence-corrected chi connectivity index (χ0v) is 10.6. The molecular weight excluding hydrogens is 266 g/mol. The number of rotatable bonds is 3. The van der Waals surface area contributed by atoms with Crippen LogP contribution in [0.25, 0.3) is 0 Å². The lowest BCUT2D eigenvalue weighted by Gasteiger charge is -2.25. The van der Waals surface area contributed by atoms with Crippen molar-refractivity contribution < 1.29 is 19.1 Å². The van der Waals surface area contributed by atoms with Crippen molar-refractivity contribution in [2.45, 2.75) is 36.3 Å². The third-order valence-corrected chi connectivity index (χ3v) is 1.68. The first-order valence-corrected chi connectivity index (χ1v) is 5.03. The van der Waals surface area contributed by atoms with Crippen LogP contribution in [0.1, 0.15) is 20.8 Å². The second kappa shape index (κ2) is 5.23. The van der Waals surface area contributed by atoms with Crippen LogP contribution >= 0.6 is 34.8 Å². The first-order chi connectivity index (χ1) is 6.58. The summed E-state index contributed by atoms with van der Waals surface area (Å²) >= 11 is 16.3. The fraction of sp³-hybridized carbons (Fsp3) is 0.750. The minimum Gasteiger partial charge on any atom is -0.457 e. The van der Waals surface area contributed by atoms with E-state index in [1.807, 2.05) is 0 Å². The van der Waals surface area contributed by atoms with Gasteiger partial charge in [0.25, 0.3) is 0 Å². The highest BCUT2D eigenvalue weighted by molar-refractivity contribution is 6.68. The van der Waals surface area contributed by atoms with Crippen LogP contribution in [0.5, 0.6) is 0 Å². The van der Waals surface area contributed by atoms with E-state index in [-0.39, 0.29) is 0 Å². The van der Waals surface area contributed by atoms with Crippen LogP contribution < -0.4 is 0 Å². The summed E-state index contributed by atoms with van der Waals surface area (Å²) in [6.07, 6.45) is -1.63. The normalized spacial score (nSPS) is 14.3. The number of esters is 1. The second-order valence-corrected chi connectivity index (χ2v) is 6.03. The van der Waals surface area contributed by atoms with Crippen molar-refractivity contribution in [3.63, 3.8) is 0 Å². The summed E-state index contributed by atoms with van der Waals surface area (Å²) in [4.78, 5) is 21.4. The van der Waals surface area contributed by atoms with E-state index >= 15 is 0 Å². The Morgan fingerprint density at radius 3 is 2.00 bits per heavy atom. The van der Waals surface area contributed by atoms with Crippen LogP contribution in [0.15, 0.2) is 0 Å². The molecule has 7 heteroatoms. The molecule has 15 heavy (non-hydrogen) atoms. The summed E-state index contributed by atoms with van der Waals surface area (Å²) in [5, 5.41) is 0. The van der Waals surface area contributed by atoms with Gasteiger partial charge in [0.2, 0.25) is 9.90 Å². The van der Waals surface area contributed by atoms with E-state index in [4.69, 9.17) is 39.5 Å². The van der Waals surface area contributed by atoms with Crippen LogP contribution in [-0.2, 0) is 19.1 Å². The lowest BCUT2D eigenvalue weighted by molar-refractivity contribution is -0.163. The smallest absolute Gasteiger partial charge is 0.418 e. The molecule has 0 aliphatic heterocycles. The standard InChI is InChI=1S/C8H10Cl3O4/c1-7(2,3)15-6(13)5(14-4-12)8(9,10)11/h5H,1-3H3. The fourth-order valence-electron chi connectivity index (χ4n) is 0.652. The van der Waals surface area contributed by atoms with Gasteiger partial charge in [-0.3, -0.25) is 0 Å². The molecule has 1 radical (unpaired) electrons. The quantitative estimate of drug-likeness (QED) is 0.585. The number of hydrogen-bond donors (Lipinski definition) is 0. The van der Waals surface area contributed by atoms with E-state index in [0.717, 1.165) is 6.47 Å². The van der Waals surface area contributed by atoms with Crippen LogP contribution in [0.3, 0.4) is 0 Å². The Labute approximate surface area is 103 Å². The van der Waals surface area contributed by atoms with Gasteiger partial charge in [0, 0.05) is 0 Å². The van der Waals surface area contributed by atoms with E-state index in [1.54, 1.807) is 20.8 Å². The van der Waals surface area contributed by atoms with Crippen molar-refractivity contribution >= 4 is 47.2 Å².